The van der Waals surface area contributed by atoms with Crippen LogP contribution in [-0.2, 0) is 11.2 Å². The number of hydrogen-bond acceptors (Lipinski definition) is 2. The molecule has 0 aliphatic carbocycles. The molecule has 0 aromatic heterocycles. The highest BCUT2D eigenvalue weighted by atomic mass is 35.5. The number of aryl methyl sites for hydroxylation is 1. The zero-order valence-corrected chi connectivity index (χ0v) is 14.8. The summed E-state index contributed by atoms with van der Waals surface area (Å²) in [6.45, 7) is 7.33. The van der Waals surface area contributed by atoms with Crippen molar-refractivity contribution in [1.82, 2.24) is 10.2 Å². The first-order valence-corrected chi connectivity index (χ1v) is 8.60. The van der Waals surface area contributed by atoms with Crippen LogP contribution >= 0.6 is 23.2 Å². The second kappa shape index (κ2) is 7.67. The average Bonchev–Trinajstić information content (AvgIpc) is 3.01. The highest BCUT2D eigenvalue weighted by Crippen LogP contribution is 2.23. The third-order valence-corrected chi connectivity index (χ3v) is 5.04. The van der Waals surface area contributed by atoms with Crippen LogP contribution in [-0.4, -0.2) is 36.0 Å². The van der Waals surface area contributed by atoms with Crippen molar-refractivity contribution in [2.75, 3.05) is 19.6 Å². The Balaban J connectivity index is 1.76. The predicted molar refractivity (Wildman–Crippen MR) is 92.7 cm³/mol. The molecule has 1 aromatic rings. The van der Waals surface area contributed by atoms with Crippen LogP contribution in [0.4, 0.5) is 0 Å². The Bertz CT molecular complexity index is 525. The molecule has 3 nitrogen and oxygen atoms in total. The summed E-state index contributed by atoms with van der Waals surface area (Å²) in [5.74, 6) is 0.0818. The van der Waals surface area contributed by atoms with Crippen molar-refractivity contribution in [3.8, 4) is 0 Å². The van der Waals surface area contributed by atoms with E-state index in [1.54, 1.807) is 6.07 Å². The number of hydrogen-bond donors (Lipinski definition) is 1. The lowest BCUT2D eigenvalue weighted by Gasteiger charge is -2.35. The van der Waals surface area contributed by atoms with Crippen LogP contribution in [0.15, 0.2) is 18.2 Å². The topological polar surface area (TPSA) is 32.3 Å². The quantitative estimate of drug-likeness (QED) is 0.849. The molecule has 0 unspecified atom stereocenters. The van der Waals surface area contributed by atoms with Crippen LogP contribution in [0.2, 0.25) is 10.0 Å². The van der Waals surface area contributed by atoms with Crippen LogP contribution in [0, 0.1) is 0 Å². The third kappa shape index (κ3) is 4.87. The summed E-state index contributed by atoms with van der Waals surface area (Å²) in [7, 11) is 0. The molecule has 1 aliphatic heterocycles. The van der Waals surface area contributed by atoms with Gasteiger partial charge < -0.3 is 5.32 Å². The number of nitrogens with one attached hydrogen (secondary N) is 1. The Morgan fingerprint density at radius 1 is 1.23 bits per heavy atom. The summed E-state index contributed by atoms with van der Waals surface area (Å²) in [5, 5.41) is 4.14. The largest absolute Gasteiger partial charge is 0.354 e. The lowest BCUT2D eigenvalue weighted by atomic mass is 10.0. The smallest absolute Gasteiger partial charge is 0.220 e. The number of carbonyl (C=O) groups is 1. The number of amides is 1. The average molecular weight is 343 g/mol. The zero-order valence-electron chi connectivity index (χ0n) is 13.3. The van der Waals surface area contributed by atoms with E-state index < -0.39 is 0 Å². The van der Waals surface area contributed by atoms with Gasteiger partial charge in [0.15, 0.2) is 0 Å². The fraction of sp³-hybridized carbons (Fsp3) is 0.588. The maximum absolute atomic E-state index is 12.0. The van der Waals surface area contributed by atoms with E-state index in [-0.39, 0.29) is 11.4 Å². The van der Waals surface area contributed by atoms with Crippen LogP contribution in [0.3, 0.4) is 0 Å². The third-order valence-electron chi connectivity index (χ3n) is 4.31. The Hall–Kier alpha value is -0.770. The van der Waals surface area contributed by atoms with Crippen molar-refractivity contribution in [2.24, 2.45) is 0 Å². The van der Waals surface area contributed by atoms with Crippen molar-refractivity contribution in [2.45, 2.75) is 45.1 Å². The van der Waals surface area contributed by atoms with Crippen LogP contribution in [0.25, 0.3) is 0 Å². The summed E-state index contributed by atoms with van der Waals surface area (Å²) in [4.78, 5) is 14.5. The molecule has 1 N–H and O–H groups in total. The van der Waals surface area contributed by atoms with Crippen molar-refractivity contribution in [3.63, 3.8) is 0 Å². The number of benzene rings is 1. The van der Waals surface area contributed by atoms with E-state index in [9.17, 15) is 4.79 Å². The molecule has 1 amide bonds. The predicted octanol–water partition coefficient (Wildman–Crippen LogP) is 3.92. The minimum atomic E-state index is 0.0236. The lowest BCUT2D eigenvalue weighted by Crippen LogP contribution is -2.50. The maximum atomic E-state index is 12.0. The number of nitrogens with zero attached hydrogens (tertiary/aromatic N) is 1. The normalized spacial score (nSPS) is 16.0. The first-order valence-electron chi connectivity index (χ1n) is 7.84. The number of halogens is 2. The Kier molecular flexibility index (Phi) is 6.13. The van der Waals surface area contributed by atoms with E-state index >= 15 is 0 Å². The molecule has 122 valence electrons. The number of likely N-dealkylation sites (tertiary alicyclic amines) is 1. The molecule has 0 spiro atoms. The molecule has 0 saturated carbocycles. The van der Waals surface area contributed by atoms with Gasteiger partial charge in [0.25, 0.3) is 0 Å². The van der Waals surface area contributed by atoms with Gasteiger partial charge in [-0.3, -0.25) is 9.69 Å². The van der Waals surface area contributed by atoms with Crippen molar-refractivity contribution >= 4 is 29.1 Å². The van der Waals surface area contributed by atoms with Crippen LogP contribution in [0.1, 0.15) is 38.7 Å². The fourth-order valence-corrected chi connectivity index (χ4v) is 3.11. The minimum absolute atomic E-state index is 0.0236. The van der Waals surface area contributed by atoms with Gasteiger partial charge in [0, 0.05) is 18.5 Å². The first-order chi connectivity index (χ1) is 10.4. The molecular weight excluding hydrogens is 319 g/mol. The highest BCUT2D eigenvalue weighted by molar-refractivity contribution is 6.42. The molecule has 5 heteroatoms. The van der Waals surface area contributed by atoms with E-state index in [1.165, 1.54) is 12.8 Å². The lowest BCUT2D eigenvalue weighted by molar-refractivity contribution is -0.121. The van der Waals surface area contributed by atoms with E-state index in [0.29, 0.717) is 29.4 Å². The van der Waals surface area contributed by atoms with Crippen molar-refractivity contribution < 1.29 is 4.79 Å². The Morgan fingerprint density at radius 3 is 2.55 bits per heavy atom. The molecule has 1 aromatic carbocycles. The monoisotopic (exact) mass is 342 g/mol. The van der Waals surface area contributed by atoms with E-state index in [4.69, 9.17) is 23.2 Å². The van der Waals surface area contributed by atoms with Gasteiger partial charge in [0.2, 0.25) is 5.91 Å². The van der Waals surface area contributed by atoms with Crippen molar-refractivity contribution in [3.05, 3.63) is 33.8 Å². The highest BCUT2D eigenvalue weighted by Gasteiger charge is 2.29. The van der Waals surface area contributed by atoms with Gasteiger partial charge in [0.1, 0.15) is 0 Å². The molecule has 22 heavy (non-hydrogen) atoms. The molecule has 1 heterocycles. The van der Waals surface area contributed by atoms with Crippen LogP contribution < -0.4 is 5.32 Å². The Morgan fingerprint density at radius 2 is 1.91 bits per heavy atom. The molecule has 0 radical (unpaired) electrons. The molecular formula is C17H24Cl2N2O. The van der Waals surface area contributed by atoms with Crippen LogP contribution in [0.5, 0.6) is 0 Å². The van der Waals surface area contributed by atoms with Gasteiger partial charge in [-0.25, -0.2) is 0 Å². The SMILES string of the molecule is CC(C)(CNC(=O)CCc1ccc(Cl)c(Cl)c1)N1CCCC1. The summed E-state index contributed by atoms with van der Waals surface area (Å²) in [5.41, 5.74) is 1.05. The van der Waals surface area contributed by atoms with Crippen molar-refractivity contribution in [1.29, 1.82) is 0 Å². The maximum Gasteiger partial charge on any atom is 0.220 e. The second-order valence-electron chi connectivity index (χ2n) is 6.53. The van der Waals surface area contributed by atoms with E-state index in [2.05, 4.69) is 24.1 Å². The summed E-state index contributed by atoms with van der Waals surface area (Å²) >= 11 is 11.9. The van der Waals surface area contributed by atoms with E-state index in [0.717, 1.165) is 18.7 Å². The molecule has 1 saturated heterocycles. The molecule has 0 bridgehead atoms. The van der Waals surface area contributed by atoms with Gasteiger partial charge in [-0.1, -0.05) is 29.3 Å². The number of carbonyl (C=O) groups excluding carboxylic acids is 1. The summed E-state index contributed by atoms with van der Waals surface area (Å²) in [6, 6.07) is 5.51. The second-order valence-corrected chi connectivity index (χ2v) is 7.35. The van der Waals surface area contributed by atoms with Gasteiger partial charge >= 0.3 is 0 Å². The summed E-state index contributed by atoms with van der Waals surface area (Å²) in [6.07, 6.45) is 3.66. The van der Waals surface area contributed by atoms with Gasteiger partial charge in [-0.15, -0.1) is 0 Å². The van der Waals surface area contributed by atoms with Gasteiger partial charge in [-0.2, -0.15) is 0 Å². The first kappa shape index (κ1) is 17.6. The standard InChI is InChI=1S/C17H24Cl2N2O/c1-17(2,21-9-3-4-10-21)12-20-16(22)8-6-13-5-7-14(18)15(19)11-13/h5,7,11H,3-4,6,8-10,12H2,1-2H3,(H,20,22). The minimum Gasteiger partial charge on any atom is -0.354 e. The zero-order chi connectivity index (χ0) is 16.2. The van der Waals surface area contributed by atoms with E-state index in [1.807, 2.05) is 12.1 Å². The molecule has 1 aliphatic rings. The van der Waals surface area contributed by atoms with Gasteiger partial charge in [-0.05, 0) is 63.9 Å². The molecule has 0 atom stereocenters. The summed E-state index contributed by atoms with van der Waals surface area (Å²) < 4.78 is 0. The van der Waals surface area contributed by atoms with Gasteiger partial charge in [0.05, 0.1) is 10.0 Å². The Labute approximate surface area is 143 Å². The molecule has 1 fully saturated rings. The molecule has 2 rings (SSSR count). The number of rotatable bonds is 6. The fourth-order valence-electron chi connectivity index (χ4n) is 2.79.